The molecule has 0 unspecified atom stereocenters. The van der Waals surface area contributed by atoms with E-state index in [9.17, 15) is 22.8 Å². The number of hydrogen-bond acceptors (Lipinski definition) is 4. The number of hydrogen-bond donors (Lipinski definition) is 2. The van der Waals surface area contributed by atoms with E-state index in [0.717, 1.165) is 0 Å². The number of aromatic nitrogens is 1. The largest absolute Gasteiger partial charge is 0.573 e. The van der Waals surface area contributed by atoms with E-state index in [1.807, 2.05) is 4.57 Å². The molecule has 0 aliphatic carbocycles. The summed E-state index contributed by atoms with van der Waals surface area (Å²) < 4.78 is 49.6. The first-order chi connectivity index (χ1) is 14.8. The minimum atomic E-state index is -4.79. The minimum absolute atomic E-state index is 0.145. The summed E-state index contributed by atoms with van der Waals surface area (Å²) in [5.74, 6) is -0.606. The molecule has 1 aliphatic heterocycles. The highest BCUT2D eigenvalue weighted by Gasteiger charge is 2.32. The van der Waals surface area contributed by atoms with Crippen LogP contribution in [0.15, 0.2) is 30.3 Å². The summed E-state index contributed by atoms with van der Waals surface area (Å²) in [6, 6.07) is 7.13. The van der Waals surface area contributed by atoms with Gasteiger partial charge in [0.2, 0.25) is 0 Å². The molecule has 2 N–H and O–H groups in total. The summed E-state index contributed by atoms with van der Waals surface area (Å²) in [6.45, 7) is 6.01. The number of nitrogens with zero attached hydrogens (tertiary/aromatic N) is 1. The number of benzene rings is 1. The first-order valence-corrected chi connectivity index (χ1v) is 10.9. The molecular formula is C21H23F3IN3O4. The van der Waals surface area contributed by atoms with Crippen molar-refractivity contribution in [2.75, 3.05) is 13.1 Å². The highest BCUT2D eigenvalue weighted by Crippen LogP contribution is 2.35. The van der Waals surface area contributed by atoms with Crippen LogP contribution in [-0.2, 0) is 4.74 Å². The molecule has 3 rings (SSSR count). The zero-order chi connectivity index (χ0) is 23.7. The summed E-state index contributed by atoms with van der Waals surface area (Å²) in [6.07, 6.45) is -4.80. The van der Waals surface area contributed by atoms with Crippen LogP contribution in [0.4, 0.5) is 18.0 Å². The predicted octanol–water partition coefficient (Wildman–Crippen LogP) is 4.86. The Hall–Kier alpha value is -2.44. The van der Waals surface area contributed by atoms with Crippen molar-refractivity contribution < 1.29 is 32.2 Å². The Morgan fingerprint density at radius 2 is 2.00 bits per heavy atom. The molecular weight excluding hydrogens is 542 g/mol. The van der Waals surface area contributed by atoms with Gasteiger partial charge in [0.15, 0.2) is 0 Å². The van der Waals surface area contributed by atoms with Crippen molar-refractivity contribution in [1.82, 2.24) is 15.2 Å². The molecule has 0 bridgehead atoms. The van der Waals surface area contributed by atoms with Crippen LogP contribution in [0.5, 0.6) is 5.75 Å². The standard InChI is InChI=1S/C21H23F3IN3O4/c1-20(2,3)32-19(30)26-8-7-13-11-27-18(29)16-10-15(17(25)28(13)16)12-5-4-6-14(9-12)31-21(22,23)24/h4-6,9-10,13H,7-8,11H2,1-3H3,(H,26,30)(H,27,29)/t13-/m0/s1. The third-order valence-electron chi connectivity index (χ3n) is 4.59. The Morgan fingerprint density at radius 1 is 1.28 bits per heavy atom. The Balaban J connectivity index is 1.81. The van der Waals surface area contributed by atoms with Crippen LogP contribution in [0, 0.1) is 3.70 Å². The van der Waals surface area contributed by atoms with Crippen molar-refractivity contribution in [3.8, 4) is 16.9 Å². The topological polar surface area (TPSA) is 81.6 Å². The van der Waals surface area contributed by atoms with Gasteiger partial charge < -0.3 is 24.7 Å². The fraction of sp³-hybridized carbons (Fsp3) is 0.429. The maximum atomic E-state index is 12.6. The summed E-state index contributed by atoms with van der Waals surface area (Å²) >= 11 is 2.08. The van der Waals surface area contributed by atoms with Gasteiger partial charge in [-0.05, 0) is 73.5 Å². The van der Waals surface area contributed by atoms with Gasteiger partial charge in [-0.15, -0.1) is 13.2 Å². The van der Waals surface area contributed by atoms with Crippen molar-refractivity contribution >= 4 is 34.6 Å². The van der Waals surface area contributed by atoms with Crippen molar-refractivity contribution in [2.24, 2.45) is 0 Å². The number of carbonyl (C=O) groups is 2. The lowest BCUT2D eigenvalue weighted by molar-refractivity contribution is -0.274. The molecule has 0 saturated heterocycles. The van der Waals surface area contributed by atoms with Crippen molar-refractivity contribution in [2.45, 2.75) is 45.2 Å². The molecule has 0 spiro atoms. The molecule has 0 radical (unpaired) electrons. The smallest absolute Gasteiger partial charge is 0.444 e. The molecule has 2 amide bonds. The number of alkyl carbamates (subject to hydrolysis) is 1. The van der Waals surface area contributed by atoms with E-state index >= 15 is 0 Å². The second-order valence-corrected chi connectivity index (χ2v) is 9.28. The number of fused-ring (bicyclic) bond motifs is 1. The molecule has 1 aromatic carbocycles. The molecule has 0 fully saturated rings. The zero-order valence-corrected chi connectivity index (χ0v) is 19.8. The van der Waals surface area contributed by atoms with Crippen molar-refractivity contribution in [3.05, 3.63) is 39.7 Å². The van der Waals surface area contributed by atoms with Gasteiger partial charge in [0.05, 0.1) is 9.74 Å². The number of ether oxygens (including phenoxy) is 2. The van der Waals surface area contributed by atoms with Crippen LogP contribution in [0.2, 0.25) is 0 Å². The fourth-order valence-electron chi connectivity index (χ4n) is 3.37. The van der Waals surface area contributed by atoms with E-state index in [4.69, 9.17) is 4.74 Å². The number of rotatable bonds is 5. The summed E-state index contributed by atoms with van der Waals surface area (Å²) in [5, 5.41) is 5.52. The van der Waals surface area contributed by atoms with Crippen LogP contribution in [0.3, 0.4) is 0 Å². The molecule has 0 saturated carbocycles. The molecule has 11 heteroatoms. The number of amides is 2. The Morgan fingerprint density at radius 3 is 2.66 bits per heavy atom. The molecule has 32 heavy (non-hydrogen) atoms. The van der Waals surface area contributed by atoms with Gasteiger partial charge in [0.25, 0.3) is 5.91 Å². The van der Waals surface area contributed by atoms with Gasteiger partial charge in [-0.1, -0.05) is 12.1 Å². The second kappa shape index (κ2) is 9.20. The van der Waals surface area contributed by atoms with Crippen LogP contribution in [-0.4, -0.2) is 41.6 Å². The maximum absolute atomic E-state index is 12.6. The van der Waals surface area contributed by atoms with Gasteiger partial charge in [-0.3, -0.25) is 4.79 Å². The molecule has 1 aromatic heterocycles. The summed E-state index contributed by atoms with van der Waals surface area (Å²) in [5.41, 5.74) is 0.914. The highest BCUT2D eigenvalue weighted by atomic mass is 127. The Labute approximate surface area is 196 Å². The fourth-order valence-corrected chi connectivity index (χ4v) is 4.50. The first-order valence-electron chi connectivity index (χ1n) is 9.86. The van der Waals surface area contributed by atoms with Gasteiger partial charge in [-0.2, -0.15) is 0 Å². The lowest BCUT2D eigenvalue weighted by Crippen LogP contribution is -2.41. The monoisotopic (exact) mass is 565 g/mol. The van der Waals surface area contributed by atoms with E-state index in [2.05, 4.69) is 38.0 Å². The molecule has 174 valence electrons. The van der Waals surface area contributed by atoms with Gasteiger partial charge in [0, 0.05) is 18.7 Å². The zero-order valence-electron chi connectivity index (χ0n) is 17.7. The van der Waals surface area contributed by atoms with Crippen molar-refractivity contribution in [3.63, 3.8) is 0 Å². The Kier molecular flexibility index (Phi) is 6.96. The SMILES string of the molecule is CC(C)(C)OC(=O)NCC[C@H]1CNC(=O)c2cc(-c3cccc(OC(F)(F)F)c3)c(I)n21. The highest BCUT2D eigenvalue weighted by molar-refractivity contribution is 14.1. The molecule has 2 heterocycles. The first kappa shape index (κ1) is 24.2. The molecule has 1 aliphatic rings. The van der Waals surface area contributed by atoms with E-state index in [0.29, 0.717) is 40.0 Å². The summed E-state index contributed by atoms with van der Waals surface area (Å²) in [4.78, 5) is 24.3. The van der Waals surface area contributed by atoms with Crippen LogP contribution in [0.1, 0.15) is 43.7 Å². The third kappa shape index (κ3) is 6.08. The predicted molar refractivity (Wildman–Crippen MR) is 119 cm³/mol. The number of halogens is 4. The van der Waals surface area contributed by atoms with Gasteiger partial charge in [0.1, 0.15) is 17.0 Å². The third-order valence-corrected chi connectivity index (χ3v) is 5.70. The lowest BCUT2D eigenvalue weighted by Gasteiger charge is -2.28. The molecule has 7 nitrogen and oxygen atoms in total. The average Bonchev–Trinajstić information content (AvgIpc) is 2.99. The number of carbonyl (C=O) groups excluding carboxylic acids is 2. The van der Waals surface area contributed by atoms with E-state index in [1.54, 1.807) is 32.9 Å². The lowest BCUT2D eigenvalue weighted by atomic mass is 10.1. The van der Waals surface area contributed by atoms with Crippen LogP contribution >= 0.6 is 22.6 Å². The molecule has 2 aromatic rings. The van der Waals surface area contributed by atoms with Crippen LogP contribution < -0.4 is 15.4 Å². The minimum Gasteiger partial charge on any atom is -0.444 e. The van der Waals surface area contributed by atoms with Gasteiger partial charge in [-0.25, -0.2) is 4.79 Å². The number of alkyl halides is 3. The van der Waals surface area contributed by atoms with Crippen LogP contribution in [0.25, 0.3) is 11.1 Å². The number of nitrogens with one attached hydrogen (secondary N) is 2. The summed E-state index contributed by atoms with van der Waals surface area (Å²) in [7, 11) is 0. The second-order valence-electron chi connectivity index (χ2n) is 8.26. The average molecular weight is 565 g/mol. The van der Waals surface area contributed by atoms with Gasteiger partial charge >= 0.3 is 12.5 Å². The normalized spacial score (nSPS) is 16.2. The van der Waals surface area contributed by atoms with E-state index in [1.165, 1.54) is 18.2 Å². The van der Waals surface area contributed by atoms with E-state index in [-0.39, 0.29) is 17.7 Å². The Bertz CT molecular complexity index is 1010. The maximum Gasteiger partial charge on any atom is 0.573 e. The molecule has 1 atom stereocenters. The van der Waals surface area contributed by atoms with E-state index < -0.39 is 18.1 Å². The quantitative estimate of drug-likeness (QED) is 0.508. The van der Waals surface area contributed by atoms with Crippen molar-refractivity contribution in [1.29, 1.82) is 0 Å².